The van der Waals surface area contributed by atoms with Crippen LogP contribution in [0.3, 0.4) is 0 Å². The van der Waals surface area contributed by atoms with Gasteiger partial charge in [-0.3, -0.25) is 14.5 Å². The highest BCUT2D eigenvalue weighted by atomic mass is 16.3. The zero-order valence-electron chi connectivity index (χ0n) is 17.3. The highest BCUT2D eigenvalue weighted by molar-refractivity contribution is 6.35. The minimum atomic E-state index is -0.244. The molecule has 2 amide bonds. The van der Waals surface area contributed by atoms with Crippen molar-refractivity contribution in [3.63, 3.8) is 0 Å². The molecule has 0 saturated carbocycles. The maximum Gasteiger partial charge on any atom is 0.278 e. The third kappa shape index (κ3) is 3.60. The molecule has 0 bridgehead atoms. The van der Waals surface area contributed by atoms with Crippen molar-refractivity contribution in [2.75, 3.05) is 32.7 Å². The fourth-order valence-corrected chi connectivity index (χ4v) is 4.18. The Balaban J connectivity index is 1.74. The van der Waals surface area contributed by atoms with Gasteiger partial charge in [-0.1, -0.05) is 30.7 Å². The monoisotopic (exact) mass is 393 g/mol. The van der Waals surface area contributed by atoms with Gasteiger partial charge in [0.2, 0.25) is 0 Å². The minimum absolute atomic E-state index is 0.150. The molecule has 1 fully saturated rings. The number of imide groups is 1. The first-order valence-electron chi connectivity index (χ1n) is 10.2. The van der Waals surface area contributed by atoms with E-state index in [4.69, 9.17) is 4.42 Å². The molecule has 0 atom stereocenters. The molecule has 4 rings (SSSR count). The van der Waals surface area contributed by atoms with Crippen LogP contribution in [-0.2, 0) is 16.1 Å². The summed E-state index contributed by atoms with van der Waals surface area (Å²) in [6.07, 6.45) is 1.56. The van der Waals surface area contributed by atoms with Gasteiger partial charge in [-0.15, -0.1) is 0 Å². The summed E-state index contributed by atoms with van der Waals surface area (Å²) in [6, 6.07) is 9.57. The van der Waals surface area contributed by atoms with Gasteiger partial charge in [-0.05, 0) is 43.7 Å². The molecule has 0 unspecified atom stereocenters. The van der Waals surface area contributed by atoms with Crippen molar-refractivity contribution in [3.8, 4) is 0 Å². The summed E-state index contributed by atoms with van der Waals surface area (Å²) in [6.45, 7) is 10.6. The molecule has 6 nitrogen and oxygen atoms in total. The molecule has 2 aliphatic rings. The molecule has 152 valence electrons. The van der Waals surface area contributed by atoms with Crippen molar-refractivity contribution in [3.05, 3.63) is 64.7 Å². The first-order valence-corrected chi connectivity index (χ1v) is 10.2. The van der Waals surface area contributed by atoms with E-state index in [9.17, 15) is 9.59 Å². The van der Waals surface area contributed by atoms with Gasteiger partial charge in [-0.2, -0.15) is 0 Å². The second-order valence-corrected chi connectivity index (χ2v) is 7.74. The zero-order valence-corrected chi connectivity index (χ0v) is 17.3. The topological polar surface area (TPSA) is 57.0 Å². The van der Waals surface area contributed by atoms with Crippen LogP contribution in [0.1, 0.15) is 29.4 Å². The van der Waals surface area contributed by atoms with E-state index < -0.39 is 0 Å². The number of amides is 2. The second kappa shape index (κ2) is 7.87. The normalized spacial score (nSPS) is 18.3. The van der Waals surface area contributed by atoms with Crippen LogP contribution in [0.25, 0.3) is 5.57 Å². The summed E-state index contributed by atoms with van der Waals surface area (Å²) < 4.78 is 5.40. The quantitative estimate of drug-likeness (QED) is 0.731. The first-order chi connectivity index (χ1) is 14.0. The zero-order chi connectivity index (χ0) is 20.5. The first kappa shape index (κ1) is 19.5. The van der Waals surface area contributed by atoms with Crippen LogP contribution < -0.4 is 0 Å². The summed E-state index contributed by atoms with van der Waals surface area (Å²) in [5.41, 5.74) is 4.02. The molecule has 0 radical (unpaired) electrons. The van der Waals surface area contributed by atoms with Gasteiger partial charge >= 0.3 is 0 Å². The van der Waals surface area contributed by atoms with E-state index in [2.05, 4.69) is 22.8 Å². The molecule has 2 aromatic rings. The summed E-state index contributed by atoms with van der Waals surface area (Å²) in [5.74, 6) is 0.126. The summed E-state index contributed by atoms with van der Waals surface area (Å²) in [5, 5.41) is 0. The lowest BCUT2D eigenvalue weighted by atomic mass is 9.97. The Kier molecular flexibility index (Phi) is 5.28. The van der Waals surface area contributed by atoms with Crippen molar-refractivity contribution < 1.29 is 14.0 Å². The van der Waals surface area contributed by atoms with Crippen LogP contribution in [0, 0.1) is 13.8 Å². The predicted molar refractivity (Wildman–Crippen MR) is 111 cm³/mol. The molecule has 1 aromatic heterocycles. The lowest BCUT2D eigenvalue weighted by Gasteiger charge is -2.36. The van der Waals surface area contributed by atoms with E-state index in [0.717, 1.165) is 49.4 Å². The third-order valence-electron chi connectivity index (χ3n) is 5.82. The number of carbonyl (C=O) groups is 2. The molecule has 0 aliphatic carbocycles. The molecule has 6 heteroatoms. The lowest BCUT2D eigenvalue weighted by Crippen LogP contribution is -2.47. The van der Waals surface area contributed by atoms with E-state index in [1.165, 1.54) is 4.90 Å². The largest absolute Gasteiger partial charge is 0.467 e. The lowest BCUT2D eigenvalue weighted by molar-refractivity contribution is -0.138. The number of furan rings is 1. The van der Waals surface area contributed by atoms with Gasteiger partial charge in [0, 0.05) is 26.2 Å². The van der Waals surface area contributed by atoms with Crippen LogP contribution in [0.5, 0.6) is 0 Å². The van der Waals surface area contributed by atoms with Crippen LogP contribution in [0.4, 0.5) is 0 Å². The van der Waals surface area contributed by atoms with Gasteiger partial charge in [0.1, 0.15) is 11.5 Å². The number of benzene rings is 1. The second-order valence-electron chi connectivity index (χ2n) is 7.74. The van der Waals surface area contributed by atoms with Crippen LogP contribution in [0.15, 0.2) is 46.7 Å². The van der Waals surface area contributed by atoms with E-state index in [1.54, 1.807) is 18.4 Å². The van der Waals surface area contributed by atoms with E-state index in [1.807, 2.05) is 26.0 Å². The molecule has 2 aliphatic heterocycles. The Morgan fingerprint density at radius 3 is 2.38 bits per heavy atom. The number of nitrogens with zero attached hydrogens (tertiary/aromatic N) is 3. The van der Waals surface area contributed by atoms with E-state index in [0.29, 0.717) is 17.0 Å². The smallest absolute Gasteiger partial charge is 0.278 e. The van der Waals surface area contributed by atoms with Crippen molar-refractivity contribution in [1.29, 1.82) is 0 Å². The van der Waals surface area contributed by atoms with Gasteiger partial charge < -0.3 is 14.2 Å². The fourth-order valence-electron chi connectivity index (χ4n) is 4.18. The van der Waals surface area contributed by atoms with Gasteiger partial charge in [-0.25, -0.2) is 0 Å². The van der Waals surface area contributed by atoms with Crippen LogP contribution in [0.2, 0.25) is 0 Å². The molecular formula is C23H27N3O3. The Labute approximate surface area is 171 Å². The minimum Gasteiger partial charge on any atom is -0.467 e. The van der Waals surface area contributed by atoms with Gasteiger partial charge in [0.05, 0.1) is 18.4 Å². The molecular weight excluding hydrogens is 366 g/mol. The fraction of sp³-hybridized carbons (Fsp3) is 0.391. The molecule has 0 N–H and O–H groups in total. The summed E-state index contributed by atoms with van der Waals surface area (Å²) in [7, 11) is 0. The van der Waals surface area contributed by atoms with E-state index >= 15 is 0 Å². The molecule has 29 heavy (non-hydrogen) atoms. The predicted octanol–water partition coefficient (Wildman–Crippen LogP) is 2.81. The molecule has 1 aromatic carbocycles. The highest BCUT2D eigenvalue weighted by Gasteiger charge is 2.42. The Hall–Kier alpha value is -2.86. The molecule has 1 saturated heterocycles. The number of hydrogen-bond donors (Lipinski definition) is 0. The van der Waals surface area contributed by atoms with Crippen molar-refractivity contribution in [2.24, 2.45) is 0 Å². The number of likely N-dealkylation sites (N-methyl/N-ethyl adjacent to an activating group) is 1. The Morgan fingerprint density at radius 2 is 1.76 bits per heavy atom. The summed E-state index contributed by atoms with van der Waals surface area (Å²) >= 11 is 0. The molecule has 0 spiro atoms. The number of aryl methyl sites for hydroxylation is 2. The number of rotatable bonds is 5. The average molecular weight is 393 g/mol. The van der Waals surface area contributed by atoms with Crippen LogP contribution in [-0.4, -0.2) is 59.2 Å². The summed E-state index contributed by atoms with van der Waals surface area (Å²) in [4.78, 5) is 32.6. The molecule has 3 heterocycles. The standard InChI is InChI=1S/C23H27N3O3/c1-4-24-9-11-25(12-10-24)21-20(19-8-7-16(2)14-17(19)3)22(27)26(23(21)28)15-18-6-5-13-29-18/h5-8,13-14H,4,9-12,15H2,1-3H3. The third-order valence-corrected chi connectivity index (χ3v) is 5.82. The van der Waals surface area contributed by atoms with Crippen molar-refractivity contribution in [2.45, 2.75) is 27.3 Å². The van der Waals surface area contributed by atoms with Crippen molar-refractivity contribution >= 4 is 17.4 Å². The van der Waals surface area contributed by atoms with Gasteiger partial charge in [0.15, 0.2) is 0 Å². The van der Waals surface area contributed by atoms with Crippen LogP contribution >= 0.6 is 0 Å². The SMILES string of the molecule is CCN1CCN(C2=C(c3ccc(C)cc3C)C(=O)N(Cc3ccco3)C2=O)CC1. The highest BCUT2D eigenvalue weighted by Crippen LogP contribution is 2.34. The average Bonchev–Trinajstić information content (AvgIpc) is 3.31. The maximum absolute atomic E-state index is 13.4. The Bertz CT molecular complexity index is 954. The van der Waals surface area contributed by atoms with Crippen molar-refractivity contribution in [1.82, 2.24) is 14.7 Å². The Morgan fingerprint density at radius 1 is 1.00 bits per heavy atom. The number of carbonyl (C=O) groups excluding carboxylic acids is 2. The van der Waals surface area contributed by atoms with E-state index in [-0.39, 0.29) is 18.4 Å². The maximum atomic E-state index is 13.4. The number of piperazine rings is 1. The number of hydrogen-bond acceptors (Lipinski definition) is 5. The van der Waals surface area contributed by atoms with Gasteiger partial charge in [0.25, 0.3) is 11.8 Å².